The van der Waals surface area contributed by atoms with Gasteiger partial charge in [-0.05, 0) is 96.3 Å². The highest BCUT2D eigenvalue weighted by atomic mass is 32.2. The van der Waals surface area contributed by atoms with Crippen LogP contribution < -0.4 is 19.5 Å². The third-order valence-electron chi connectivity index (χ3n) is 12.8. The van der Waals surface area contributed by atoms with Crippen molar-refractivity contribution in [3.63, 3.8) is 0 Å². The second-order valence-corrected chi connectivity index (χ2v) is 21.2. The number of pyridine rings is 1. The molecule has 60 heavy (non-hydrogen) atoms. The fraction of sp³-hybridized carbons (Fsp3) is 0.581. The van der Waals surface area contributed by atoms with E-state index in [1.54, 1.807) is 53.3 Å². The van der Waals surface area contributed by atoms with Crippen molar-refractivity contribution in [2.75, 3.05) is 13.7 Å². The van der Waals surface area contributed by atoms with E-state index in [1.807, 2.05) is 36.6 Å². The van der Waals surface area contributed by atoms with Gasteiger partial charge in [-0.3, -0.25) is 24.0 Å². The lowest BCUT2D eigenvalue weighted by molar-refractivity contribution is -0.146. The molecular formula is C43H56N6O9S2. The van der Waals surface area contributed by atoms with Crippen molar-refractivity contribution in [2.24, 2.45) is 17.8 Å². The highest BCUT2D eigenvalue weighted by Gasteiger charge is 2.63. The van der Waals surface area contributed by atoms with E-state index in [0.717, 1.165) is 22.4 Å². The Balaban J connectivity index is 1.29. The van der Waals surface area contributed by atoms with Crippen molar-refractivity contribution in [3.05, 3.63) is 48.1 Å². The molecule has 2 aliphatic carbocycles. The number of nitrogens with one attached hydrogen (secondary N) is 2. The van der Waals surface area contributed by atoms with Crippen LogP contribution in [0.5, 0.6) is 11.6 Å². The van der Waals surface area contributed by atoms with E-state index in [1.165, 1.54) is 21.1 Å². The monoisotopic (exact) mass is 864 g/mol. The quantitative estimate of drug-likeness (QED) is 0.209. The van der Waals surface area contributed by atoms with Crippen molar-refractivity contribution >= 4 is 55.9 Å². The Morgan fingerprint density at radius 1 is 1.15 bits per heavy atom. The van der Waals surface area contributed by atoms with Gasteiger partial charge in [0.15, 0.2) is 0 Å². The summed E-state index contributed by atoms with van der Waals surface area (Å²) in [6.45, 7) is 10.8. The van der Waals surface area contributed by atoms with Crippen molar-refractivity contribution in [1.29, 1.82) is 0 Å². The van der Waals surface area contributed by atoms with Gasteiger partial charge in [-0.25, -0.2) is 23.2 Å². The number of hydrogen-bond donors (Lipinski definition) is 3. The minimum Gasteiger partial charge on any atom is -0.497 e. The summed E-state index contributed by atoms with van der Waals surface area (Å²) in [5, 5.41) is 17.7. The summed E-state index contributed by atoms with van der Waals surface area (Å²) in [4.78, 5) is 69.1. The molecule has 1 saturated heterocycles. The Morgan fingerprint density at radius 2 is 1.90 bits per heavy atom. The zero-order valence-electron chi connectivity index (χ0n) is 35.3. The summed E-state index contributed by atoms with van der Waals surface area (Å²) in [7, 11) is -2.46. The van der Waals surface area contributed by atoms with Gasteiger partial charge in [0.2, 0.25) is 27.7 Å². The molecule has 4 heterocycles. The van der Waals surface area contributed by atoms with Gasteiger partial charge in [0.25, 0.3) is 5.91 Å². The van der Waals surface area contributed by atoms with Crippen LogP contribution in [-0.4, -0.2) is 105 Å². The van der Waals surface area contributed by atoms with Crippen molar-refractivity contribution in [2.45, 2.75) is 127 Å². The molecule has 15 nitrogen and oxygen atoms in total. The number of methoxy groups -OCH3 is 1. The molecule has 324 valence electrons. The van der Waals surface area contributed by atoms with E-state index < -0.39 is 73.8 Å². The topological polar surface area (TPSA) is 197 Å². The molecule has 0 radical (unpaired) electrons. The number of thiazole rings is 1. The number of ether oxygens (including phenoxy) is 2. The van der Waals surface area contributed by atoms with Crippen LogP contribution in [-0.2, 0) is 24.4 Å². The first-order valence-electron chi connectivity index (χ1n) is 20.7. The van der Waals surface area contributed by atoms with Gasteiger partial charge in [0, 0.05) is 52.0 Å². The maximum atomic E-state index is 15.3. The van der Waals surface area contributed by atoms with Crippen LogP contribution in [0, 0.1) is 17.8 Å². The molecule has 2 saturated carbocycles. The van der Waals surface area contributed by atoms with Crippen LogP contribution in [0.2, 0.25) is 0 Å². The van der Waals surface area contributed by atoms with Gasteiger partial charge in [-0.1, -0.05) is 32.4 Å². The van der Waals surface area contributed by atoms with Crippen LogP contribution in [0.15, 0.2) is 48.1 Å². The first kappa shape index (κ1) is 43.3. The maximum absolute atomic E-state index is 15.3. The van der Waals surface area contributed by atoms with Crippen molar-refractivity contribution < 1.29 is 42.2 Å². The third kappa shape index (κ3) is 8.30. The Bertz CT molecular complexity index is 2290. The number of sulfonamides is 1. The van der Waals surface area contributed by atoms with E-state index in [0.29, 0.717) is 43.2 Å². The second-order valence-electron chi connectivity index (χ2n) is 18.1. The van der Waals surface area contributed by atoms with E-state index >= 15 is 4.79 Å². The molecule has 7 rings (SSSR count). The second kappa shape index (κ2) is 16.3. The van der Waals surface area contributed by atoms with Crippen LogP contribution in [0.25, 0.3) is 21.3 Å². The van der Waals surface area contributed by atoms with Crippen LogP contribution in [0.4, 0.5) is 4.79 Å². The average Bonchev–Trinajstić information content (AvgIpc) is 3.94. The summed E-state index contributed by atoms with van der Waals surface area (Å²) < 4.78 is 40.0. The fourth-order valence-electron chi connectivity index (χ4n) is 8.85. The number of allylic oxidation sites excluding steroid dienone is 1. The number of rotatable bonds is 9. The summed E-state index contributed by atoms with van der Waals surface area (Å²) in [6, 6.07) is 3.14. The SMILES string of the molecule is CC[C@@H]1C[C@H](C)CC/C=C\[C@@H]2C[C@@]2(C(=O)NS(=O)(=O)C2(C)CC2)NC(=O)[C@@H]2C[C@@H](Oc3ncc(-c4nccs4)c4cc(OC)ccc34)CN2C(=O)[C@H]1N(C(=O)O)C(C)(C)C. The Labute approximate surface area is 355 Å². The maximum Gasteiger partial charge on any atom is 0.408 e. The van der Waals surface area contributed by atoms with E-state index in [2.05, 4.69) is 21.9 Å². The zero-order chi connectivity index (χ0) is 43.4. The number of carbonyl (C=O) groups is 4. The van der Waals surface area contributed by atoms with Gasteiger partial charge >= 0.3 is 6.09 Å². The van der Waals surface area contributed by atoms with E-state index in [4.69, 9.17) is 14.5 Å². The summed E-state index contributed by atoms with van der Waals surface area (Å²) in [6.07, 6.45) is 8.60. The lowest BCUT2D eigenvalue weighted by Gasteiger charge is -2.44. The van der Waals surface area contributed by atoms with Crippen LogP contribution in [0.1, 0.15) is 92.9 Å². The molecule has 2 aliphatic heterocycles. The molecule has 1 aromatic carbocycles. The minimum absolute atomic E-state index is 0.0117. The third-order valence-corrected chi connectivity index (χ3v) is 15.7. The highest BCUT2D eigenvalue weighted by molar-refractivity contribution is 7.91. The molecule has 3 N–H and O–H groups in total. The largest absolute Gasteiger partial charge is 0.497 e. The number of aromatic nitrogens is 2. The van der Waals surface area contributed by atoms with Crippen LogP contribution in [0.3, 0.4) is 0 Å². The van der Waals surface area contributed by atoms with Crippen molar-refractivity contribution in [1.82, 2.24) is 29.8 Å². The predicted molar refractivity (Wildman–Crippen MR) is 227 cm³/mol. The number of carbonyl (C=O) groups excluding carboxylic acids is 3. The molecule has 3 aromatic rings. The van der Waals surface area contributed by atoms with Gasteiger partial charge in [-0.2, -0.15) is 0 Å². The summed E-state index contributed by atoms with van der Waals surface area (Å²) >= 11 is 1.46. The summed E-state index contributed by atoms with van der Waals surface area (Å²) in [5.74, 6) is -1.92. The standard InChI is InChI=1S/C43H56N6O9S2/c1-8-26-19-25(2)11-9-10-12-27-22-43(27,39(52)47-60(55,56)42(6)15-16-42)46-35(50)33-21-29(24-48(33)38(51)34(26)49(40(53)54)41(3,4)5)58-36-30-14-13-28(57-7)20-31(30)32(23-45-36)37-44-17-18-59-37/h10,12-14,17-18,20,23,25-27,29,33-34H,8-9,11,15-16,19,21-22,24H2,1-7H3,(H,46,50)(H,47,52)(H,53,54)/b12-10-/t25-,26-,27-,29-,33+,34+,43-/m1/s1. The molecule has 4 aliphatic rings. The molecule has 17 heteroatoms. The smallest absolute Gasteiger partial charge is 0.408 e. The van der Waals surface area contributed by atoms with Gasteiger partial charge < -0.3 is 24.8 Å². The van der Waals surface area contributed by atoms with Crippen molar-refractivity contribution in [3.8, 4) is 22.2 Å². The van der Waals surface area contributed by atoms with Gasteiger partial charge in [-0.15, -0.1) is 11.3 Å². The number of amides is 4. The Morgan fingerprint density at radius 3 is 2.53 bits per heavy atom. The molecule has 3 fully saturated rings. The normalized spacial score (nSPS) is 28.6. The number of hydrogen-bond acceptors (Lipinski definition) is 11. The zero-order valence-corrected chi connectivity index (χ0v) is 36.9. The number of carboxylic acid groups (broad SMARTS) is 1. The summed E-state index contributed by atoms with van der Waals surface area (Å²) in [5.41, 5.74) is -1.79. The molecule has 0 spiro atoms. The van der Waals surface area contributed by atoms with Crippen LogP contribution >= 0.6 is 11.3 Å². The Kier molecular flexibility index (Phi) is 11.7. The number of nitrogens with zero attached hydrogens (tertiary/aromatic N) is 4. The molecule has 7 atom stereocenters. The molecule has 4 amide bonds. The lowest BCUT2D eigenvalue weighted by atomic mass is 9.82. The van der Waals surface area contributed by atoms with E-state index in [9.17, 15) is 27.9 Å². The lowest BCUT2D eigenvalue weighted by Crippen LogP contribution is -2.62. The average molecular weight is 865 g/mol. The number of fused-ring (bicyclic) bond motifs is 3. The molecular weight excluding hydrogens is 809 g/mol. The predicted octanol–water partition coefficient (Wildman–Crippen LogP) is 6.14. The minimum atomic E-state index is -4.03. The molecule has 0 unspecified atom stereocenters. The fourth-order valence-corrected chi connectivity index (χ4v) is 10.8. The molecule has 2 aromatic heterocycles. The first-order valence-corrected chi connectivity index (χ1v) is 23.1. The Hall–Kier alpha value is -4.77. The first-order chi connectivity index (χ1) is 28.3. The number of benzene rings is 1. The van der Waals surface area contributed by atoms with Gasteiger partial charge in [0.1, 0.15) is 34.5 Å². The highest BCUT2D eigenvalue weighted by Crippen LogP contribution is 2.48. The van der Waals surface area contributed by atoms with Gasteiger partial charge in [0.05, 0.1) is 18.4 Å². The van der Waals surface area contributed by atoms with E-state index in [-0.39, 0.29) is 37.1 Å². The molecule has 0 bridgehead atoms.